The molecule has 0 amide bonds. The van der Waals surface area contributed by atoms with Crippen LogP contribution in [0.25, 0.3) is 33.2 Å². The molecule has 39 heavy (non-hydrogen) atoms. The van der Waals surface area contributed by atoms with Crippen LogP contribution in [0.3, 0.4) is 0 Å². The summed E-state index contributed by atoms with van der Waals surface area (Å²) in [6.45, 7) is 7.77. The molecule has 0 radical (unpaired) electrons. The second kappa shape index (κ2) is 10.2. The van der Waals surface area contributed by atoms with Crippen LogP contribution in [-0.2, 0) is 16.6 Å². The quantitative estimate of drug-likeness (QED) is 0.281. The van der Waals surface area contributed by atoms with Crippen LogP contribution in [0.15, 0.2) is 107 Å². The lowest BCUT2D eigenvalue weighted by Crippen LogP contribution is -2.40. The van der Waals surface area contributed by atoms with Crippen molar-refractivity contribution >= 4 is 20.8 Å². The molecular weight excluding hydrogens is 506 g/mol. The summed E-state index contributed by atoms with van der Waals surface area (Å²) in [5.41, 5.74) is 4.36. The van der Waals surface area contributed by atoms with Crippen molar-refractivity contribution in [1.82, 2.24) is 14.5 Å². The molecule has 0 spiro atoms. The number of benzene rings is 4. The van der Waals surface area contributed by atoms with E-state index in [4.69, 9.17) is 5.10 Å². The van der Waals surface area contributed by atoms with Gasteiger partial charge in [0.25, 0.3) is 5.56 Å². The zero-order valence-corrected chi connectivity index (χ0v) is 23.3. The van der Waals surface area contributed by atoms with Gasteiger partial charge in [-0.05, 0) is 51.0 Å². The van der Waals surface area contributed by atoms with E-state index in [9.17, 15) is 13.2 Å². The van der Waals surface area contributed by atoms with Gasteiger partial charge in [-0.15, -0.1) is 0 Å². The van der Waals surface area contributed by atoms with Gasteiger partial charge in [0.15, 0.2) is 0 Å². The van der Waals surface area contributed by atoms with Crippen LogP contribution < -0.4 is 10.3 Å². The Hall–Kier alpha value is -4.07. The van der Waals surface area contributed by atoms with Crippen LogP contribution in [0.4, 0.5) is 0 Å². The number of aromatic nitrogens is 2. The minimum atomic E-state index is -3.72. The van der Waals surface area contributed by atoms with Gasteiger partial charge in [0.1, 0.15) is 0 Å². The van der Waals surface area contributed by atoms with E-state index in [2.05, 4.69) is 4.72 Å². The van der Waals surface area contributed by atoms with Crippen molar-refractivity contribution in [2.24, 2.45) is 0 Å². The Bertz CT molecular complexity index is 1820. The monoisotopic (exact) mass is 537 g/mol. The Kier molecular flexibility index (Phi) is 6.97. The van der Waals surface area contributed by atoms with Crippen LogP contribution in [-0.4, -0.2) is 23.7 Å². The zero-order chi connectivity index (χ0) is 27.8. The van der Waals surface area contributed by atoms with Gasteiger partial charge < -0.3 is 0 Å². The highest BCUT2D eigenvalue weighted by Gasteiger charge is 2.24. The van der Waals surface area contributed by atoms with Crippen molar-refractivity contribution in [2.45, 2.75) is 44.7 Å². The second-order valence-electron chi connectivity index (χ2n) is 10.8. The molecule has 0 fully saturated rings. The van der Waals surface area contributed by atoms with E-state index in [1.54, 1.807) is 18.2 Å². The van der Waals surface area contributed by atoms with Crippen molar-refractivity contribution in [2.75, 3.05) is 0 Å². The van der Waals surface area contributed by atoms with Crippen molar-refractivity contribution < 1.29 is 8.42 Å². The van der Waals surface area contributed by atoms with E-state index >= 15 is 0 Å². The zero-order valence-electron chi connectivity index (χ0n) is 22.5. The second-order valence-corrected chi connectivity index (χ2v) is 12.4. The van der Waals surface area contributed by atoms with E-state index in [1.165, 1.54) is 4.68 Å². The summed E-state index contributed by atoms with van der Waals surface area (Å²) in [5.74, 6) is 0. The number of hydrogen-bond acceptors (Lipinski definition) is 4. The Balaban J connectivity index is 1.51. The van der Waals surface area contributed by atoms with Crippen LogP contribution in [0, 0.1) is 6.92 Å². The molecule has 7 heteroatoms. The average Bonchev–Trinajstić information content (AvgIpc) is 2.90. The van der Waals surface area contributed by atoms with E-state index in [0.29, 0.717) is 10.9 Å². The standard InChI is InChI=1S/C32H31N3O3S/c1-22-13-17-25(18-14-22)30-27-10-5-6-11-28(27)31(36)35(33-30)21-23-15-19-24(20-16-23)26-9-7-8-12-29(26)39(37,38)34-32(2,3)4/h5-20,34H,21H2,1-4H3. The van der Waals surface area contributed by atoms with Crippen molar-refractivity contribution in [3.8, 4) is 22.4 Å². The molecule has 0 atom stereocenters. The summed E-state index contributed by atoms with van der Waals surface area (Å²) in [6, 6.07) is 30.2. The molecule has 198 valence electrons. The number of sulfonamides is 1. The fraction of sp³-hybridized carbons (Fsp3) is 0.188. The molecule has 5 aromatic rings. The molecule has 1 N–H and O–H groups in total. The number of rotatable bonds is 6. The van der Waals surface area contributed by atoms with Gasteiger partial charge in [0, 0.05) is 22.1 Å². The molecule has 4 aromatic carbocycles. The highest BCUT2D eigenvalue weighted by molar-refractivity contribution is 7.89. The molecule has 1 aromatic heterocycles. The fourth-order valence-corrected chi connectivity index (χ4v) is 6.28. The van der Waals surface area contributed by atoms with E-state index < -0.39 is 15.6 Å². The van der Waals surface area contributed by atoms with E-state index in [-0.39, 0.29) is 17.0 Å². The van der Waals surface area contributed by atoms with Gasteiger partial charge in [0.2, 0.25) is 10.0 Å². The fourth-order valence-electron chi connectivity index (χ4n) is 4.63. The lowest BCUT2D eigenvalue weighted by molar-refractivity contribution is 0.491. The normalized spacial score (nSPS) is 12.1. The summed E-state index contributed by atoms with van der Waals surface area (Å²) in [6.07, 6.45) is 0. The predicted molar refractivity (Wildman–Crippen MR) is 157 cm³/mol. The maximum Gasteiger partial charge on any atom is 0.274 e. The van der Waals surface area contributed by atoms with Crippen molar-refractivity contribution in [1.29, 1.82) is 0 Å². The first kappa shape index (κ1) is 26.5. The molecule has 0 aliphatic heterocycles. The van der Waals surface area contributed by atoms with Crippen LogP contribution in [0.5, 0.6) is 0 Å². The molecular formula is C32H31N3O3S. The Morgan fingerprint density at radius 1 is 0.769 bits per heavy atom. The molecule has 0 saturated heterocycles. The summed E-state index contributed by atoms with van der Waals surface area (Å²) >= 11 is 0. The molecule has 0 aliphatic rings. The van der Waals surface area contributed by atoms with Crippen molar-refractivity contribution in [3.05, 3.63) is 119 Å². The van der Waals surface area contributed by atoms with Crippen LogP contribution in [0.2, 0.25) is 0 Å². The first-order valence-electron chi connectivity index (χ1n) is 12.8. The Morgan fingerprint density at radius 3 is 2.03 bits per heavy atom. The topological polar surface area (TPSA) is 81.1 Å². The van der Waals surface area contributed by atoms with Gasteiger partial charge in [-0.3, -0.25) is 4.79 Å². The number of nitrogens with one attached hydrogen (secondary N) is 1. The number of nitrogens with zero attached hydrogens (tertiary/aromatic N) is 2. The third-order valence-electron chi connectivity index (χ3n) is 6.41. The third-order valence-corrected chi connectivity index (χ3v) is 8.22. The minimum Gasteiger partial charge on any atom is -0.267 e. The summed E-state index contributed by atoms with van der Waals surface area (Å²) in [5, 5.41) is 6.21. The van der Waals surface area contributed by atoms with Crippen LogP contribution in [0.1, 0.15) is 31.9 Å². The summed E-state index contributed by atoms with van der Waals surface area (Å²) in [7, 11) is -3.72. The SMILES string of the molecule is Cc1ccc(-c2nn(Cc3ccc(-c4ccccc4S(=O)(=O)NC(C)(C)C)cc3)c(=O)c3ccccc23)cc1. The molecule has 0 saturated carbocycles. The molecule has 1 heterocycles. The van der Waals surface area contributed by atoms with Gasteiger partial charge >= 0.3 is 0 Å². The van der Waals surface area contributed by atoms with Gasteiger partial charge in [-0.2, -0.15) is 5.10 Å². The molecule has 5 rings (SSSR count). The lowest BCUT2D eigenvalue weighted by Gasteiger charge is -2.21. The Labute approximate surface area is 229 Å². The van der Waals surface area contributed by atoms with E-state index in [1.807, 2.05) is 107 Å². The molecule has 6 nitrogen and oxygen atoms in total. The van der Waals surface area contributed by atoms with Gasteiger partial charge in [-0.1, -0.05) is 90.5 Å². The number of fused-ring (bicyclic) bond motifs is 1. The largest absolute Gasteiger partial charge is 0.274 e. The summed E-state index contributed by atoms with van der Waals surface area (Å²) in [4.78, 5) is 13.6. The Morgan fingerprint density at radius 2 is 1.36 bits per heavy atom. The lowest BCUT2D eigenvalue weighted by atomic mass is 10.0. The smallest absolute Gasteiger partial charge is 0.267 e. The van der Waals surface area contributed by atoms with E-state index in [0.717, 1.165) is 33.3 Å². The maximum atomic E-state index is 13.4. The first-order valence-corrected chi connectivity index (χ1v) is 14.3. The first-order chi connectivity index (χ1) is 18.5. The van der Waals surface area contributed by atoms with Crippen molar-refractivity contribution in [3.63, 3.8) is 0 Å². The minimum absolute atomic E-state index is 0.157. The molecule has 0 aliphatic carbocycles. The van der Waals surface area contributed by atoms with Crippen LogP contribution >= 0.6 is 0 Å². The predicted octanol–water partition coefficient (Wildman–Crippen LogP) is 6.16. The highest BCUT2D eigenvalue weighted by atomic mass is 32.2. The highest BCUT2D eigenvalue weighted by Crippen LogP contribution is 2.29. The summed E-state index contributed by atoms with van der Waals surface area (Å²) < 4.78 is 30.4. The number of hydrogen-bond donors (Lipinski definition) is 1. The van der Waals surface area contributed by atoms with Gasteiger partial charge in [0.05, 0.1) is 22.5 Å². The third kappa shape index (κ3) is 5.70. The number of aryl methyl sites for hydroxylation is 1. The van der Waals surface area contributed by atoms with Gasteiger partial charge in [-0.25, -0.2) is 17.8 Å². The molecule has 0 bridgehead atoms. The maximum absolute atomic E-state index is 13.4. The average molecular weight is 538 g/mol. The molecule has 0 unspecified atom stereocenters.